The first-order valence-electron chi connectivity index (χ1n) is 7.34. The molecule has 0 bridgehead atoms. The molecule has 0 aliphatic carbocycles. The number of hydrogen-bond donors (Lipinski definition) is 1. The van der Waals surface area contributed by atoms with Crippen molar-refractivity contribution in [3.05, 3.63) is 42.0 Å². The van der Waals surface area contributed by atoms with Gasteiger partial charge in [-0.2, -0.15) is 0 Å². The van der Waals surface area contributed by atoms with Gasteiger partial charge in [0.05, 0.1) is 5.56 Å². The van der Waals surface area contributed by atoms with Crippen molar-refractivity contribution in [2.45, 2.75) is 13.8 Å². The number of nitrogens with zero attached hydrogens (tertiary/aromatic N) is 1. The number of nitrogen functional groups attached to an aromatic ring is 1. The van der Waals surface area contributed by atoms with Gasteiger partial charge in [0, 0.05) is 17.6 Å². The lowest BCUT2D eigenvalue weighted by atomic mass is 10.0. The van der Waals surface area contributed by atoms with E-state index in [4.69, 9.17) is 10.5 Å². The molecule has 0 aliphatic heterocycles. The maximum atomic E-state index is 12.2. The molecule has 0 aliphatic rings. The minimum Gasteiger partial charge on any atom is -0.461 e. The summed E-state index contributed by atoms with van der Waals surface area (Å²) in [5.41, 5.74) is 7.18. The van der Waals surface area contributed by atoms with Crippen LogP contribution in [0.3, 0.4) is 0 Å². The molecule has 0 fully saturated rings. The first kappa shape index (κ1) is 18.3. The molecule has 0 aromatic heterocycles. The molecule has 2 aromatic carbocycles. The van der Waals surface area contributed by atoms with Crippen LogP contribution >= 0.6 is 12.4 Å². The van der Waals surface area contributed by atoms with E-state index < -0.39 is 0 Å². The van der Waals surface area contributed by atoms with Crippen LogP contribution in [0, 0.1) is 0 Å². The zero-order chi connectivity index (χ0) is 15.2. The molecule has 0 atom stereocenters. The van der Waals surface area contributed by atoms with E-state index in [0.29, 0.717) is 17.9 Å². The smallest absolute Gasteiger partial charge is 0.338 e. The standard InChI is InChI=1S/C17H22N2O2.ClH/c1-3-19(4-2)11-12-21-17(20)15-9-5-8-14-13(15)7-6-10-16(14)18;/h5-10H,3-4,11-12,18H2,1-2H3;1H. The molecule has 5 heteroatoms. The summed E-state index contributed by atoms with van der Waals surface area (Å²) in [5, 5.41) is 1.72. The van der Waals surface area contributed by atoms with E-state index >= 15 is 0 Å². The molecule has 4 nitrogen and oxygen atoms in total. The number of fused-ring (bicyclic) bond motifs is 1. The van der Waals surface area contributed by atoms with Crippen molar-refractivity contribution in [1.29, 1.82) is 0 Å². The Morgan fingerprint density at radius 2 is 1.73 bits per heavy atom. The van der Waals surface area contributed by atoms with Crippen molar-refractivity contribution in [1.82, 2.24) is 4.90 Å². The highest BCUT2D eigenvalue weighted by Gasteiger charge is 2.12. The first-order valence-corrected chi connectivity index (χ1v) is 7.34. The summed E-state index contributed by atoms with van der Waals surface area (Å²) in [6, 6.07) is 11.1. The molecular weight excluding hydrogens is 300 g/mol. The van der Waals surface area contributed by atoms with Crippen molar-refractivity contribution >= 4 is 34.8 Å². The number of halogens is 1. The molecule has 2 rings (SSSR count). The molecule has 0 heterocycles. The highest BCUT2D eigenvalue weighted by Crippen LogP contribution is 2.24. The van der Waals surface area contributed by atoms with E-state index in [-0.39, 0.29) is 18.4 Å². The molecule has 0 radical (unpaired) electrons. The minimum absolute atomic E-state index is 0. The Balaban J connectivity index is 0.00000242. The third kappa shape index (κ3) is 4.12. The highest BCUT2D eigenvalue weighted by molar-refractivity contribution is 6.07. The van der Waals surface area contributed by atoms with Crippen LogP contribution < -0.4 is 5.73 Å². The van der Waals surface area contributed by atoms with Gasteiger partial charge in [0.2, 0.25) is 0 Å². The molecule has 2 aromatic rings. The van der Waals surface area contributed by atoms with Crippen LogP contribution in [0.5, 0.6) is 0 Å². The lowest BCUT2D eigenvalue weighted by Crippen LogP contribution is -2.27. The molecule has 0 unspecified atom stereocenters. The van der Waals surface area contributed by atoms with E-state index in [0.717, 1.165) is 30.4 Å². The molecule has 22 heavy (non-hydrogen) atoms. The van der Waals surface area contributed by atoms with E-state index in [1.165, 1.54) is 0 Å². The molecule has 120 valence electrons. The number of rotatable bonds is 6. The molecular formula is C17H23ClN2O2. The fraction of sp³-hybridized carbons (Fsp3) is 0.353. The number of carbonyl (C=O) groups is 1. The fourth-order valence-corrected chi connectivity index (χ4v) is 2.40. The zero-order valence-electron chi connectivity index (χ0n) is 13.0. The topological polar surface area (TPSA) is 55.6 Å². The third-order valence-electron chi connectivity index (χ3n) is 3.71. The number of ether oxygens (including phenoxy) is 1. The Hall–Kier alpha value is -1.78. The van der Waals surface area contributed by atoms with E-state index in [2.05, 4.69) is 18.7 Å². The monoisotopic (exact) mass is 322 g/mol. The van der Waals surface area contributed by atoms with Gasteiger partial charge in [-0.15, -0.1) is 12.4 Å². The summed E-state index contributed by atoms with van der Waals surface area (Å²) in [7, 11) is 0. The number of hydrogen-bond acceptors (Lipinski definition) is 4. The van der Waals surface area contributed by atoms with Gasteiger partial charge in [-0.25, -0.2) is 4.79 Å². The SMILES string of the molecule is CCN(CC)CCOC(=O)c1cccc2c(N)cccc12.Cl. The van der Waals surface area contributed by atoms with Crippen molar-refractivity contribution in [2.24, 2.45) is 0 Å². The van der Waals surface area contributed by atoms with Crippen molar-refractivity contribution < 1.29 is 9.53 Å². The van der Waals surface area contributed by atoms with E-state index in [1.807, 2.05) is 30.3 Å². The van der Waals surface area contributed by atoms with Crippen LogP contribution in [0.2, 0.25) is 0 Å². The first-order chi connectivity index (χ1) is 10.2. The van der Waals surface area contributed by atoms with Crippen LogP contribution in [0.15, 0.2) is 36.4 Å². The van der Waals surface area contributed by atoms with Crippen LogP contribution in [0.25, 0.3) is 10.8 Å². The van der Waals surface area contributed by atoms with E-state index in [9.17, 15) is 4.79 Å². The fourth-order valence-electron chi connectivity index (χ4n) is 2.40. The quantitative estimate of drug-likeness (QED) is 0.654. The van der Waals surface area contributed by atoms with Gasteiger partial charge >= 0.3 is 5.97 Å². The lowest BCUT2D eigenvalue weighted by molar-refractivity contribution is 0.0469. The van der Waals surface area contributed by atoms with Gasteiger partial charge in [-0.05, 0) is 30.6 Å². The Bertz CT molecular complexity index is 627. The van der Waals surface area contributed by atoms with Gasteiger partial charge in [-0.3, -0.25) is 0 Å². The van der Waals surface area contributed by atoms with Gasteiger partial charge in [0.15, 0.2) is 0 Å². The predicted molar refractivity (Wildman–Crippen MR) is 93.7 cm³/mol. The Morgan fingerprint density at radius 1 is 1.09 bits per heavy atom. The maximum Gasteiger partial charge on any atom is 0.338 e. The number of anilines is 1. The highest BCUT2D eigenvalue weighted by atomic mass is 35.5. The molecule has 0 spiro atoms. The summed E-state index contributed by atoms with van der Waals surface area (Å²) in [6.45, 7) is 7.26. The molecule has 0 amide bonds. The Kier molecular flexibility index (Phi) is 7.15. The third-order valence-corrected chi connectivity index (χ3v) is 3.71. The Labute approximate surface area is 137 Å². The summed E-state index contributed by atoms with van der Waals surface area (Å²) < 4.78 is 5.39. The second kappa shape index (κ2) is 8.61. The van der Waals surface area contributed by atoms with Crippen molar-refractivity contribution in [2.75, 3.05) is 32.0 Å². The Morgan fingerprint density at radius 3 is 2.41 bits per heavy atom. The van der Waals surface area contributed by atoms with Crippen LogP contribution in [-0.4, -0.2) is 37.1 Å². The average Bonchev–Trinajstić information content (AvgIpc) is 2.51. The number of nitrogens with two attached hydrogens (primary N) is 1. The van der Waals surface area contributed by atoms with Crippen LogP contribution in [0.4, 0.5) is 5.69 Å². The van der Waals surface area contributed by atoms with Gasteiger partial charge in [0.25, 0.3) is 0 Å². The molecule has 0 saturated heterocycles. The zero-order valence-corrected chi connectivity index (χ0v) is 13.9. The number of likely N-dealkylation sites (N-methyl/N-ethyl adjacent to an activating group) is 1. The van der Waals surface area contributed by atoms with Gasteiger partial charge in [0.1, 0.15) is 6.61 Å². The van der Waals surface area contributed by atoms with Crippen LogP contribution in [-0.2, 0) is 4.74 Å². The summed E-state index contributed by atoms with van der Waals surface area (Å²) in [4.78, 5) is 14.5. The van der Waals surface area contributed by atoms with Crippen LogP contribution in [0.1, 0.15) is 24.2 Å². The number of benzene rings is 2. The van der Waals surface area contributed by atoms with E-state index in [1.54, 1.807) is 6.07 Å². The number of carbonyl (C=O) groups excluding carboxylic acids is 1. The number of esters is 1. The summed E-state index contributed by atoms with van der Waals surface area (Å²) in [5.74, 6) is -0.293. The molecule has 0 saturated carbocycles. The molecule has 2 N–H and O–H groups in total. The predicted octanol–water partition coefficient (Wildman–Crippen LogP) is 3.34. The van der Waals surface area contributed by atoms with Gasteiger partial charge < -0.3 is 15.4 Å². The minimum atomic E-state index is -0.293. The van der Waals surface area contributed by atoms with Crippen molar-refractivity contribution in [3.63, 3.8) is 0 Å². The van der Waals surface area contributed by atoms with Crippen molar-refractivity contribution in [3.8, 4) is 0 Å². The second-order valence-electron chi connectivity index (χ2n) is 4.91. The average molecular weight is 323 g/mol. The second-order valence-corrected chi connectivity index (χ2v) is 4.91. The largest absolute Gasteiger partial charge is 0.461 e. The summed E-state index contributed by atoms with van der Waals surface area (Å²) >= 11 is 0. The van der Waals surface area contributed by atoms with Gasteiger partial charge in [-0.1, -0.05) is 38.1 Å². The summed E-state index contributed by atoms with van der Waals surface area (Å²) in [6.07, 6.45) is 0. The normalized spacial score (nSPS) is 10.5. The maximum absolute atomic E-state index is 12.2. The lowest BCUT2D eigenvalue weighted by Gasteiger charge is -2.17.